The van der Waals surface area contributed by atoms with Gasteiger partial charge in [0.15, 0.2) is 0 Å². The zero-order valence-corrected chi connectivity index (χ0v) is 10.1. The van der Waals surface area contributed by atoms with Crippen molar-refractivity contribution in [2.24, 2.45) is 0 Å². The highest BCUT2D eigenvalue weighted by molar-refractivity contribution is 6.33. The molecule has 0 aliphatic rings. The largest absolute Gasteiger partial charge is 0.379 e. The van der Waals surface area contributed by atoms with Gasteiger partial charge in [-0.2, -0.15) is 0 Å². The molecule has 0 radical (unpaired) electrons. The molecule has 0 aliphatic heterocycles. The van der Waals surface area contributed by atoms with Crippen LogP contribution in [0.3, 0.4) is 0 Å². The van der Waals surface area contributed by atoms with Crippen LogP contribution in [0.15, 0.2) is 36.7 Å². The van der Waals surface area contributed by atoms with Crippen molar-refractivity contribution in [3.8, 4) is 0 Å². The number of rotatable bonds is 3. The van der Waals surface area contributed by atoms with Crippen molar-refractivity contribution in [1.82, 2.24) is 4.98 Å². The molecule has 88 valence electrons. The number of nitrogens with zero attached hydrogens (tertiary/aromatic N) is 1. The third-order valence-electron chi connectivity index (χ3n) is 2.47. The second-order valence-corrected chi connectivity index (χ2v) is 4.20. The maximum atomic E-state index is 13.1. The molecule has 4 heteroatoms. The Labute approximate surface area is 104 Å². The first kappa shape index (κ1) is 11.9. The van der Waals surface area contributed by atoms with Crippen LogP contribution in [0.1, 0.15) is 11.1 Å². The molecule has 1 aromatic carbocycles. The molecule has 0 atom stereocenters. The number of anilines is 1. The number of nitrogens with one attached hydrogen (secondary N) is 1. The molecule has 1 aromatic heterocycles. The summed E-state index contributed by atoms with van der Waals surface area (Å²) in [6, 6.07) is 6.75. The molecule has 0 saturated heterocycles. The molecule has 0 unspecified atom stereocenters. The number of hydrogen-bond donors (Lipinski definition) is 1. The topological polar surface area (TPSA) is 24.9 Å². The molecular formula is C13H12ClFN2. The van der Waals surface area contributed by atoms with Gasteiger partial charge in [-0.1, -0.05) is 23.7 Å². The molecule has 2 rings (SSSR count). The van der Waals surface area contributed by atoms with E-state index < -0.39 is 0 Å². The number of hydrogen-bond acceptors (Lipinski definition) is 2. The summed E-state index contributed by atoms with van der Waals surface area (Å²) in [6.07, 6.45) is 3.30. The third kappa shape index (κ3) is 2.94. The second kappa shape index (κ2) is 5.15. The number of aromatic nitrogens is 1. The lowest BCUT2D eigenvalue weighted by Gasteiger charge is -2.08. The summed E-state index contributed by atoms with van der Waals surface area (Å²) in [5.41, 5.74) is 2.42. The Balaban J connectivity index is 2.08. The predicted octanol–water partition coefficient (Wildman–Crippen LogP) is 3.79. The highest BCUT2D eigenvalue weighted by Gasteiger charge is 2.01. The van der Waals surface area contributed by atoms with Gasteiger partial charge in [-0.3, -0.25) is 4.98 Å². The van der Waals surface area contributed by atoms with E-state index >= 15 is 0 Å². The summed E-state index contributed by atoms with van der Waals surface area (Å²) < 4.78 is 13.1. The van der Waals surface area contributed by atoms with Crippen molar-refractivity contribution in [1.29, 1.82) is 0 Å². The first-order chi connectivity index (χ1) is 8.16. The van der Waals surface area contributed by atoms with E-state index in [9.17, 15) is 4.39 Å². The van der Waals surface area contributed by atoms with Gasteiger partial charge in [0, 0.05) is 12.7 Å². The molecule has 1 N–H and O–H groups in total. The van der Waals surface area contributed by atoms with E-state index in [2.05, 4.69) is 10.3 Å². The van der Waals surface area contributed by atoms with Crippen molar-refractivity contribution in [2.45, 2.75) is 13.5 Å². The fourth-order valence-electron chi connectivity index (χ4n) is 1.52. The van der Waals surface area contributed by atoms with Gasteiger partial charge in [-0.25, -0.2) is 4.39 Å². The Morgan fingerprint density at radius 3 is 2.88 bits per heavy atom. The van der Waals surface area contributed by atoms with Crippen LogP contribution in [-0.4, -0.2) is 4.98 Å². The van der Waals surface area contributed by atoms with Gasteiger partial charge in [-0.15, -0.1) is 0 Å². The molecule has 0 fully saturated rings. The monoisotopic (exact) mass is 250 g/mol. The van der Waals surface area contributed by atoms with Crippen LogP contribution >= 0.6 is 11.6 Å². The normalized spacial score (nSPS) is 10.3. The maximum absolute atomic E-state index is 13.1. The van der Waals surface area contributed by atoms with Crippen LogP contribution in [-0.2, 0) is 6.54 Å². The van der Waals surface area contributed by atoms with Gasteiger partial charge in [0.1, 0.15) is 5.82 Å². The lowest BCUT2D eigenvalue weighted by molar-refractivity contribution is 0.617. The van der Waals surface area contributed by atoms with Crippen LogP contribution in [0.4, 0.5) is 10.1 Å². The van der Waals surface area contributed by atoms with Crippen LogP contribution in [0.5, 0.6) is 0 Å². The molecule has 2 aromatic rings. The number of aryl methyl sites for hydroxylation is 1. The quantitative estimate of drug-likeness (QED) is 0.896. The molecule has 0 amide bonds. The fourth-order valence-corrected chi connectivity index (χ4v) is 1.69. The Morgan fingerprint density at radius 1 is 1.35 bits per heavy atom. The van der Waals surface area contributed by atoms with Crippen LogP contribution in [0, 0.1) is 12.7 Å². The van der Waals surface area contributed by atoms with E-state index in [-0.39, 0.29) is 5.82 Å². The molecule has 2 nitrogen and oxygen atoms in total. The average molecular weight is 251 g/mol. The van der Waals surface area contributed by atoms with Crippen LogP contribution < -0.4 is 5.32 Å². The minimum absolute atomic E-state index is 0.187. The lowest BCUT2D eigenvalue weighted by atomic mass is 10.1. The van der Waals surface area contributed by atoms with Gasteiger partial charge >= 0.3 is 0 Å². The molecular weight excluding hydrogens is 239 g/mol. The highest BCUT2D eigenvalue weighted by atomic mass is 35.5. The molecule has 0 spiro atoms. The summed E-state index contributed by atoms with van der Waals surface area (Å²) in [6.45, 7) is 2.34. The predicted molar refractivity (Wildman–Crippen MR) is 67.7 cm³/mol. The van der Waals surface area contributed by atoms with E-state index in [1.165, 1.54) is 6.07 Å². The van der Waals surface area contributed by atoms with Crippen molar-refractivity contribution in [2.75, 3.05) is 5.32 Å². The standard InChI is InChI=1S/C13H12ClFN2/c1-9-6-10(2-3-12(9)15)7-17-13-8-16-5-4-11(13)14/h2-6,8,17H,7H2,1H3. The number of halogens is 2. The Bertz CT molecular complexity index is 529. The highest BCUT2D eigenvalue weighted by Crippen LogP contribution is 2.20. The van der Waals surface area contributed by atoms with Crippen molar-refractivity contribution < 1.29 is 4.39 Å². The molecule has 17 heavy (non-hydrogen) atoms. The zero-order valence-electron chi connectivity index (χ0n) is 9.37. The molecule has 0 saturated carbocycles. The van der Waals surface area contributed by atoms with Gasteiger partial charge in [0.2, 0.25) is 0 Å². The number of benzene rings is 1. The van der Waals surface area contributed by atoms with E-state index in [4.69, 9.17) is 11.6 Å². The van der Waals surface area contributed by atoms with E-state index in [0.717, 1.165) is 11.3 Å². The van der Waals surface area contributed by atoms with Gasteiger partial charge in [0.05, 0.1) is 16.9 Å². The second-order valence-electron chi connectivity index (χ2n) is 3.79. The number of pyridine rings is 1. The van der Waals surface area contributed by atoms with Crippen molar-refractivity contribution in [3.63, 3.8) is 0 Å². The summed E-state index contributed by atoms with van der Waals surface area (Å²) in [7, 11) is 0. The fraction of sp³-hybridized carbons (Fsp3) is 0.154. The molecule has 1 heterocycles. The SMILES string of the molecule is Cc1cc(CNc2cnccc2Cl)ccc1F. The Morgan fingerprint density at radius 2 is 2.18 bits per heavy atom. The smallest absolute Gasteiger partial charge is 0.126 e. The summed E-state index contributed by atoms with van der Waals surface area (Å²) in [5.74, 6) is -0.187. The van der Waals surface area contributed by atoms with E-state index in [1.54, 1.807) is 31.5 Å². The molecule has 0 aliphatic carbocycles. The summed E-state index contributed by atoms with van der Waals surface area (Å²) in [4.78, 5) is 3.98. The van der Waals surface area contributed by atoms with Crippen molar-refractivity contribution in [3.05, 3.63) is 58.6 Å². The first-order valence-corrected chi connectivity index (χ1v) is 5.63. The Kier molecular flexibility index (Phi) is 3.59. The van der Waals surface area contributed by atoms with Crippen LogP contribution in [0.25, 0.3) is 0 Å². The van der Waals surface area contributed by atoms with E-state index in [0.29, 0.717) is 17.1 Å². The van der Waals surface area contributed by atoms with E-state index in [1.807, 2.05) is 6.07 Å². The molecule has 0 bridgehead atoms. The zero-order chi connectivity index (χ0) is 12.3. The van der Waals surface area contributed by atoms with Gasteiger partial charge in [-0.05, 0) is 30.2 Å². The summed E-state index contributed by atoms with van der Waals surface area (Å²) in [5, 5.41) is 3.78. The van der Waals surface area contributed by atoms with Gasteiger partial charge in [0.25, 0.3) is 0 Å². The average Bonchev–Trinajstić information content (AvgIpc) is 2.32. The minimum atomic E-state index is -0.187. The minimum Gasteiger partial charge on any atom is -0.379 e. The summed E-state index contributed by atoms with van der Waals surface area (Å²) >= 11 is 5.98. The third-order valence-corrected chi connectivity index (χ3v) is 2.80. The maximum Gasteiger partial charge on any atom is 0.126 e. The lowest BCUT2D eigenvalue weighted by Crippen LogP contribution is -2.01. The first-order valence-electron chi connectivity index (χ1n) is 5.25. The Hall–Kier alpha value is -1.61. The van der Waals surface area contributed by atoms with Crippen LogP contribution in [0.2, 0.25) is 5.02 Å². The van der Waals surface area contributed by atoms with Gasteiger partial charge < -0.3 is 5.32 Å². The van der Waals surface area contributed by atoms with Crippen molar-refractivity contribution >= 4 is 17.3 Å².